The zero-order valence-corrected chi connectivity index (χ0v) is 7.04. The molecule has 2 nitrogen and oxygen atoms in total. The van der Waals surface area contributed by atoms with E-state index in [2.05, 4.69) is 0 Å². The van der Waals surface area contributed by atoms with Gasteiger partial charge in [-0.3, -0.25) is 0 Å². The summed E-state index contributed by atoms with van der Waals surface area (Å²) in [7, 11) is 0. The second kappa shape index (κ2) is 3.21. The van der Waals surface area contributed by atoms with Crippen molar-refractivity contribution in [2.75, 3.05) is 0 Å². The predicted molar refractivity (Wildman–Crippen MR) is 47.4 cm³/mol. The molecule has 0 spiro atoms. The summed E-state index contributed by atoms with van der Waals surface area (Å²) in [6.07, 6.45) is -2.80. The first-order valence-corrected chi connectivity index (χ1v) is 3.99. The first-order valence-electron chi connectivity index (χ1n) is 3.99. The SMILES string of the molecule is O=c1oc2ccccc2cc1C(F)F. The number of alkyl halides is 2. The summed E-state index contributed by atoms with van der Waals surface area (Å²) < 4.78 is 29.3. The second-order valence-electron chi connectivity index (χ2n) is 2.83. The number of hydrogen-bond donors (Lipinski definition) is 0. The first kappa shape index (κ1) is 8.87. The number of rotatable bonds is 1. The molecule has 0 aliphatic rings. The Balaban J connectivity index is 2.78. The van der Waals surface area contributed by atoms with Gasteiger partial charge >= 0.3 is 5.63 Å². The maximum atomic E-state index is 12.3. The zero-order valence-electron chi connectivity index (χ0n) is 7.04. The van der Waals surface area contributed by atoms with Crippen LogP contribution in [0.1, 0.15) is 12.0 Å². The van der Waals surface area contributed by atoms with Gasteiger partial charge in [0.25, 0.3) is 6.43 Å². The minimum atomic E-state index is -2.80. The lowest BCUT2D eigenvalue weighted by Crippen LogP contribution is -2.06. The topological polar surface area (TPSA) is 30.2 Å². The van der Waals surface area contributed by atoms with Crippen molar-refractivity contribution in [1.29, 1.82) is 0 Å². The van der Waals surface area contributed by atoms with Crippen molar-refractivity contribution in [2.45, 2.75) is 6.43 Å². The number of hydrogen-bond acceptors (Lipinski definition) is 2. The van der Waals surface area contributed by atoms with Crippen LogP contribution in [0.5, 0.6) is 0 Å². The van der Waals surface area contributed by atoms with Gasteiger partial charge in [0, 0.05) is 5.39 Å². The van der Waals surface area contributed by atoms with E-state index in [1.165, 1.54) is 0 Å². The molecule has 0 aliphatic heterocycles. The smallest absolute Gasteiger partial charge is 0.345 e. The Labute approximate surface area is 77.8 Å². The maximum absolute atomic E-state index is 12.3. The van der Waals surface area contributed by atoms with Crippen LogP contribution in [0.3, 0.4) is 0 Å². The van der Waals surface area contributed by atoms with Crippen molar-refractivity contribution in [3.63, 3.8) is 0 Å². The molecule has 0 saturated heterocycles. The van der Waals surface area contributed by atoms with Crippen molar-refractivity contribution in [1.82, 2.24) is 0 Å². The van der Waals surface area contributed by atoms with Crippen molar-refractivity contribution < 1.29 is 13.2 Å². The molecule has 0 radical (unpaired) electrons. The zero-order chi connectivity index (χ0) is 10.1. The van der Waals surface area contributed by atoms with Gasteiger partial charge in [-0.1, -0.05) is 18.2 Å². The third-order valence-corrected chi connectivity index (χ3v) is 1.90. The lowest BCUT2D eigenvalue weighted by atomic mass is 10.2. The largest absolute Gasteiger partial charge is 0.422 e. The molecule has 2 rings (SSSR count). The standard InChI is InChI=1S/C10H6F2O2/c11-9(12)7-5-6-3-1-2-4-8(6)14-10(7)13/h1-5,9H. The molecular formula is C10H6F2O2. The van der Waals surface area contributed by atoms with Gasteiger partial charge in [0.05, 0.1) is 0 Å². The van der Waals surface area contributed by atoms with Crippen LogP contribution in [-0.4, -0.2) is 0 Å². The highest BCUT2D eigenvalue weighted by atomic mass is 19.3. The summed E-state index contributed by atoms with van der Waals surface area (Å²) in [5, 5.41) is 0.502. The average Bonchev–Trinajstić information content (AvgIpc) is 2.16. The van der Waals surface area contributed by atoms with E-state index < -0.39 is 17.6 Å². The van der Waals surface area contributed by atoms with E-state index in [1.807, 2.05) is 0 Å². The molecule has 0 bridgehead atoms. The lowest BCUT2D eigenvalue weighted by Gasteiger charge is -1.99. The molecule has 2 aromatic rings. The molecule has 0 unspecified atom stereocenters. The Morgan fingerprint density at radius 3 is 2.64 bits per heavy atom. The highest BCUT2D eigenvalue weighted by Gasteiger charge is 2.14. The fourth-order valence-corrected chi connectivity index (χ4v) is 1.23. The highest BCUT2D eigenvalue weighted by Crippen LogP contribution is 2.19. The molecule has 0 amide bonds. The van der Waals surface area contributed by atoms with E-state index in [4.69, 9.17) is 4.42 Å². The van der Waals surface area contributed by atoms with Gasteiger partial charge in [-0.2, -0.15) is 0 Å². The molecule has 0 atom stereocenters. The van der Waals surface area contributed by atoms with E-state index in [1.54, 1.807) is 24.3 Å². The molecule has 0 N–H and O–H groups in total. The lowest BCUT2D eigenvalue weighted by molar-refractivity contribution is 0.147. The normalized spacial score (nSPS) is 11.1. The Bertz CT molecular complexity index is 517. The Morgan fingerprint density at radius 1 is 1.21 bits per heavy atom. The third kappa shape index (κ3) is 1.39. The van der Waals surface area contributed by atoms with Crippen LogP contribution in [0.15, 0.2) is 39.5 Å². The number of halogens is 2. The van der Waals surface area contributed by atoms with Crippen LogP contribution in [0, 0.1) is 0 Å². The van der Waals surface area contributed by atoms with E-state index in [-0.39, 0.29) is 0 Å². The molecule has 1 aromatic carbocycles. The van der Waals surface area contributed by atoms with Gasteiger partial charge in [-0.05, 0) is 12.1 Å². The van der Waals surface area contributed by atoms with Crippen molar-refractivity contribution >= 4 is 11.0 Å². The van der Waals surface area contributed by atoms with Crippen molar-refractivity contribution in [3.8, 4) is 0 Å². The monoisotopic (exact) mass is 196 g/mol. The molecule has 0 fully saturated rings. The molecule has 72 valence electrons. The molecule has 0 aliphatic carbocycles. The Hall–Kier alpha value is -1.71. The number of para-hydroxylation sites is 1. The molecule has 0 saturated carbocycles. The second-order valence-corrected chi connectivity index (χ2v) is 2.83. The molecular weight excluding hydrogens is 190 g/mol. The van der Waals surface area contributed by atoms with Gasteiger partial charge in [-0.15, -0.1) is 0 Å². The summed E-state index contributed by atoms with van der Waals surface area (Å²) in [4.78, 5) is 11.0. The van der Waals surface area contributed by atoms with Crippen molar-refractivity contribution in [2.24, 2.45) is 0 Å². The minimum absolute atomic E-state index is 0.321. The summed E-state index contributed by atoms with van der Waals surface area (Å²) >= 11 is 0. The van der Waals surface area contributed by atoms with Crippen LogP contribution in [0.4, 0.5) is 8.78 Å². The van der Waals surface area contributed by atoms with Gasteiger partial charge in [0.1, 0.15) is 11.1 Å². The molecule has 1 aromatic heterocycles. The molecule has 1 heterocycles. The average molecular weight is 196 g/mol. The fourth-order valence-electron chi connectivity index (χ4n) is 1.23. The number of benzene rings is 1. The maximum Gasteiger partial charge on any atom is 0.345 e. The van der Waals surface area contributed by atoms with Gasteiger partial charge in [-0.25, -0.2) is 13.6 Å². The van der Waals surface area contributed by atoms with E-state index >= 15 is 0 Å². The summed E-state index contributed by atoms with van der Waals surface area (Å²) in [5.41, 5.74) is -1.25. The fraction of sp³-hybridized carbons (Fsp3) is 0.100. The first-order chi connectivity index (χ1) is 6.68. The molecule has 4 heteroatoms. The predicted octanol–water partition coefficient (Wildman–Crippen LogP) is 2.73. The minimum Gasteiger partial charge on any atom is -0.422 e. The van der Waals surface area contributed by atoms with E-state index in [0.717, 1.165) is 6.07 Å². The number of fused-ring (bicyclic) bond motifs is 1. The van der Waals surface area contributed by atoms with Gasteiger partial charge in [0.2, 0.25) is 0 Å². The summed E-state index contributed by atoms with van der Waals surface area (Å²) in [6.45, 7) is 0. The van der Waals surface area contributed by atoms with Crippen LogP contribution in [0.2, 0.25) is 0 Å². The molecule has 14 heavy (non-hydrogen) atoms. The highest BCUT2D eigenvalue weighted by molar-refractivity contribution is 5.76. The quantitative estimate of drug-likeness (QED) is 0.656. The van der Waals surface area contributed by atoms with Crippen LogP contribution in [0.25, 0.3) is 11.0 Å². The van der Waals surface area contributed by atoms with Crippen LogP contribution in [-0.2, 0) is 0 Å². The van der Waals surface area contributed by atoms with E-state index in [9.17, 15) is 13.6 Å². The van der Waals surface area contributed by atoms with Crippen LogP contribution < -0.4 is 5.63 Å². The van der Waals surface area contributed by atoms with E-state index in [0.29, 0.717) is 11.0 Å². The Morgan fingerprint density at radius 2 is 1.93 bits per heavy atom. The van der Waals surface area contributed by atoms with Crippen molar-refractivity contribution in [3.05, 3.63) is 46.3 Å². The van der Waals surface area contributed by atoms with Gasteiger partial charge < -0.3 is 4.42 Å². The summed E-state index contributed by atoms with van der Waals surface area (Å²) in [5.74, 6) is 0. The Kier molecular flexibility index (Phi) is 2.04. The summed E-state index contributed by atoms with van der Waals surface area (Å²) in [6, 6.07) is 7.70. The van der Waals surface area contributed by atoms with Gasteiger partial charge in [0.15, 0.2) is 0 Å². The van der Waals surface area contributed by atoms with Crippen LogP contribution >= 0.6 is 0 Å². The third-order valence-electron chi connectivity index (χ3n) is 1.90.